The molecule has 2 N–H and O–H groups in total. The van der Waals surface area contributed by atoms with E-state index in [0.29, 0.717) is 12.8 Å². The van der Waals surface area contributed by atoms with Crippen LogP contribution < -0.4 is 5.46 Å². The Kier molecular flexibility index (Phi) is 10.3. The van der Waals surface area contributed by atoms with Gasteiger partial charge >= 0.3 is 19.1 Å². The molecule has 1 fully saturated rings. The molecule has 1 aliphatic rings. The Balaban J connectivity index is 0.000000270. The van der Waals surface area contributed by atoms with Gasteiger partial charge in [0.1, 0.15) is 0 Å². The number of rotatable bonds is 9. The monoisotopic (exact) mass is 532 g/mol. The number of aryl methyl sites for hydroxylation is 2. The summed E-state index contributed by atoms with van der Waals surface area (Å²) in [5, 5.41) is 17.1. The van der Waals surface area contributed by atoms with Gasteiger partial charge in [0.2, 0.25) is 0 Å². The summed E-state index contributed by atoms with van der Waals surface area (Å²) in [7, 11) is -0.344. The Morgan fingerprint density at radius 3 is 1.53 bits per heavy atom. The first-order chi connectivity index (χ1) is 15.9. The van der Waals surface area contributed by atoms with E-state index >= 15 is 0 Å². The van der Waals surface area contributed by atoms with Crippen LogP contribution in [0.4, 0.5) is 0 Å². The number of carboxylic acids is 2. The van der Waals surface area contributed by atoms with Crippen molar-refractivity contribution in [2.24, 2.45) is 0 Å². The molecule has 0 aromatic heterocycles. The van der Waals surface area contributed by atoms with E-state index in [0.717, 1.165) is 28.3 Å². The van der Waals surface area contributed by atoms with Gasteiger partial charge in [-0.25, -0.2) is 0 Å². The van der Waals surface area contributed by atoms with Crippen molar-refractivity contribution in [3.05, 3.63) is 64.1 Å². The first kappa shape index (κ1) is 28.1. The zero-order valence-electron chi connectivity index (χ0n) is 20.3. The van der Waals surface area contributed by atoms with Crippen LogP contribution in [0.2, 0.25) is 0 Å². The van der Waals surface area contributed by atoms with E-state index in [9.17, 15) is 9.59 Å². The molecule has 0 radical (unpaired) electrons. The number of carbonyl (C=O) groups is 2. The molecule has 34 heavy (non-hydrogen) atoms. The number of hydrogen-bond donors (Lipinski definition) is 2. The van der Waals surface area contributed by atoms with E-state index in [-0.39, 0.29) is 31.2 Å². The van der Waals surface area contributed by atoms with Crippen molar-refractivity contribution in [2.75, 3.05) is 0 Å². The van der Waals surface area contributed by atoms with Crippen molar-refractivity contribution >= 4 is 40.4 Å². The zero-order valence-corrected chi connectivity index (χ0v) is 21.9. The third-order valence-electron chi connectivity index (χ3n) is 6.13. The lowest BCUT2D eigenvalue weighted by Gasteiger charge is -2.32. The molecule has 2 aromatic carbocycles. The molecule has 0 amide bonds. The lowest BCUT2D eigenvalue weighted by Crippen LogP contribution is -2.41. The quantitative estimate of drug-likeness (QED) is 0.428. The molecule has 1 aliphatic heterocycles. The van der Waals surface area contributed by atoms with Crippen LogP contribution in [-0.4, -0.2) is 40.5 Å². The van der Waals surface area contributed by atoms with Crippen LogP contribution in [-0.2, 0) is 31.7 Å². The van der Waals surface area contributed by atoms with Crippen LogP contribution in [0.25, 0.3) is 0 Å². The van der Waals surface area contributed by atoms with Gasteiger partial charge in [-0.2, -0.15) is 0 Å². The molecule has 6 nitrogen and oxygen atoms in total. The summed E-state index contributed by atoms with van der Waals surface area (Å²) in [6, 6.07) is 16.0. The molecule has 1 heterocycles. The summed E-state index contributed by atoms with van der Waals surface area (Å²) in [6.45, 7) is 8.14. The Hall–Kier alpha value is -2.16. The molecule has 0 bridgehead atoms. The van der Waals surface area contributed by atoms with Gasteiger partial charge in [-0.3, -0.25) is 9.59 Å². The molecule has 8 heteroatoms. The molecule has 0 saturated carbocycles. The summed E-state index contributed by atoms with van der Waals surface area (Å²) in [5.41, 5.74) is 2.65. The largest absolute Gasteiger partial charge is 0.494 e. The minimum absolute atomic E-state index is 0.207. The molecule has 0 spiro atoms. The topological polar surface area (TPSA) is 93.1 Å². The van der Waals surface area contributed by atoms with Crippen molar-refractivity contribution in [1.29, 1.82) is 0 Å². The van der Waals surface area contributed by atoms with E-state index in [1.165, 1.54) is 5.56 Å². The molecule has 1 saturated heterocycles. The van der Waals surface area contributed by atoms with Gasteiger partial charge in [-0.1, -0.05) is 52.3 Å². The van der Waals surface area contributed by atoms with Crippen LogP contribution in [0.3, 0.4) is 0 Å². The van der Waals surface area contributed by atoms with Crippen LogP contribution in [0.15, 0.2) is 53.0 Å². The lowest BCUT2D eigenvalue weighted by molar-refractivity contribution is -0.138. The minimum atomic E-state index is -0.746. The van der Waals surface area contributed by atoms with Gasteiger partial charge in [0.25, 0.3) is 0 Å². The highest BCUT2D eigenvalue weighted by Gasteiger charge is 2.51. The SMILES string of the molecule is CC1(C)OB(c2ccc(CCCC(=O)O)cc2)OC1(C)C.O=C(O)CCCc1ccc(Br)cc1. The van der Waals surface area contributed by atoms with E-state index < -0.39 is 11.9 Å². The number of carboxylic acid groups (broad SMARTS) is 2. The summed E-state index contributed by atoms with van der Waals surface area (Å²) in [4.78, 5) is 20.7. The maximum Gasteiger partial charge on any atom is 0.494 e. The standard InChI is InChI=1S/C16H23BO4.C10H11BrO2/c1-15(2)16(3,4)21-17(20-15)13-10-8-12(9-11-13)6-5-7-14(18)19;11-9-6-4-8(5-7-9)2-1-3-10(12)13/h8-11H,5-7H2,1-4H3,(H,18,19);4-7H,1-3H2,(H,12,13). The second-order valence-corrected chi connectivity index (χ2v) is 10.4. The number of benzene rings is 2. The molecular formula is C26H34BBrO6. The third-order valence-corrected chi connectivity index (χ3v) is 6.66. The Bertz CT molecular complexity index is 925. The van der Waals surface area contributed by atoms with E-state index in [1.54, 1.807) is 0 Å². The first-order valence-electron chi connectivity index (χ1n) is 11.5. The summed E-state index contributed by atoms with van der Waals surface area (Å²) in [5.74, 6) is -1.47. The normalized spacial score (nSPS) is 16.0. The number of aliphatic carboxylic acids is 2. The molecule has 0 atom stereocenters. The van der Waals surface area contributed by atoms with Crippen LogP contribution in [0.5, 0.6) is 0 Å². The summed E-state index contributed by atoms with van der Waals surface area (Å²) >= 11 is 3.34. The summed E-state index contributed by atoms with van der Waals surface area (Å²) < 4.78 is 13.1. The first-order valence-corrected chi connectivity index (χ1v) is 12.3. The average molecular weight is 533 g/mol. The lowest BCUT2D eigenvalue weighted by atomic mass is 9.78. The average Bonchev–Trinajstić information content (AvgIpc) is 2.97. The Labute approximate surface area is 210 Å². The highest BCUT2D eigenvalue weighted by atomic mass is 79.9. The molecule has 2 aromatic rings. The molecule has 0 unspecified atom stereocenters. The Morgan fingerprint density at radius 1 is 0.765 bits per heavy atom. The summed E-state index contributed by atoms with van der Waals surface area (Å²) in [6.07, 6.45) is 3.42. The predicted octanol–water partition coefficient (Wildman–Crippen LogP) is 5.25. The van der Waals surface area contributed by atoms with Gasteiger partial charge < -0.3 is 19.5 Å². The fourth-order valence-electron chi connectivity index (χ4n) is 3.36. The minimum Gasteiger partial charge on any atom is -0.481 e. The second kappa shape index (κ2) is 12.5. The maximum absolute atomic E-state index is 10.5. The fraction of sp³-hybridized carbons (Fsp3) is 0.462. The number of hydrogen-bond acceptors (Lipinski definition) is 4. The van der Waals surface area contributed by atoms with Crippen molar-refractivity contribution < 1.29 is 29.1 Å². The van der Waals surface area contributed by atoms with Crippen molar-refractivity contribution in [3.8, 4) is 0 Å². The molecule has 3 rings (SSSR count). The fourth-order valence-corrected chi connectivity index (χ4v) is 3.62. The third kappa shape index (κ3) is 8.89. The molecule has 0 aliphatic carbocycles. The van der Waals surface area contributed by atoms with Crippen molar-refractivity contribution in [3.63, 3.8) is 0 Å². The second-order valence-electron chi connectivity index (χ2n) is 9.45. The zero-order chi connectivity index (χ0) is 25.4. The molecule has 184 valence electrons. The van der Waals surface area contributed by atoms with Crippen molar-refractivity contribution in [2.45, 2.75) is 77.4 Å². The van der Waals surface area contributed by atoms with E-state index in [4.69, 9.17) is 19.5 Å². The van der Waals surface area contributed by atoms with Gasteiger partial charge in [-0.05, 0) is 82.1 Å². The van der Waals surface area contributed by atoms with Crippen molar-refractivity contribution in [1.82, 2.24) is 0 Å². The molecular weight excluding hydrogens is 499 g/mol. The van der Waals surface area contributed by atoms with Gasteiger partial charge in [-0.15, -0.1) is 0 Å². The predicted molar refractivity (Wildman–Crippen MR) is 137 cm³/mol. The van der Waals surface area contributed by atoms with Gasteiger partial charge in [0, 0.05) is 17.3 Å². The smallest absolute Gasteiger partial charge is 0.481 e. The van der Waals surface area contributed by atoms with Crippen LogP contribution in [0, 0.1) is 0 Å². The Morgan fingerprint density at radius 2 is 1.15 bits per heavy atom. The highest BCUT2D eigenvalue weighted by molar-refractivity contribution is 9.10. The van der Waals surface area contributed by atoms with Crippen LogP contribution >= 0.6 is 15.9 Å². The van der Waals surface area contributed by atoms with Crippen LogP contribution in [0.1, 0.15) is 64.5 Å². The highest BCUT2D eigenvalue weighted by Crippen LogP contribution is 2.36. The van der Waals surface area contributed by atoms with Gasteiger partial charge in [0.15, 0.2) is 0 Å². The van der Waals surface area contributed by atoms with E-state index in [2.05, 4.69) is 15.9 Å². The number of halogens is 1. The maximum atomic E-state index is 10.5. The van der Waals surface area contributed by atoms with Gasteiger partial charge in [0.05, 0.1) is 11.2 Å². The van der Waals surface area contributed by atoms with E-state index in [1.807, 2.05) is 76.2 Å².